The zero-order chi connectivity index (χ0) is 11.0. The zero-order valence-electron chi connectivity index (χ0n) is 7.43. The molecular weight excluding hydrogens is 205 g/mol. The van der Waals surface area contributed by atoms with E-state index in [1.165, 1.54) is 12.1 Å². The van der Waals surface area contributed by atoms with Crippen LogP contribution < -0.4 is 0 Å². The van der Waals surface area contributed by atoms with E-state index in [9.17, 15) is 18.0 Å². The third-order valence-electron chi connectivity index (χ3n) is 2.14. The van der Waals surface area contributed by atoms with E-state index in [4.69, 9.17) is 0 Å². The molecule has 0 saturated heterocycles. The fourth-order valence-corrected chi connectivity index (χ4v) is 1.41. The maximum absolute atomic E-state index is 13.3. The average Bonchev–Trinajstić information content (AvgIpc) is 2.24. The fraction of sp³-hybridized carbons (Fsp3) is 0. The zero-order valence-corrected chi connectivity index (χ0v) is 7.43. The molecule has 15 heavy (non-hydrogen) atoms. The van der Waals surface area contributed by atoms with Crippen LogP contribution in [0.5, 0.6) is 0 Å². The molecule has 0 spiro atoms. The van der Waals surface area contributed by atoms with Gasteiger partial charge in [-0.15, -0.1) is 0 Å². The van der Waals surface area contributed by atoms with Gasteiger partial charge in [0.05, 0.1) is 5.56 Å². The molecule has 0 fully saturated rings. The monoisotopic (exact) mass is 210 g/mol. The number of hydrogen-bond donors (Lipinski definition) is 0. The minimum atomic E-state index is -1.25. The van der Waals surface area contributed by atoms with Crippen molar-refractivity contribution in [1.82, 2.24) is 0 Å². The first-order valence-electron chi connectivity index (χ1n) is 4.16. The highest BCUT2D eigenvalue weighted by molar-refractivity contribution is 5.89. The van der Waals surface area contributed by atoms with Gasteiger partial charge >= 0.3 is 0 Å². The van der Waals surface area contributed by atoms with Crippen LogP contribution in [0.25, 0.3) is 10.8 Å². The normalized spacial score (nSPS) is 10.6. The summed E-state index contributed by atoms with van der Waals surface area (Å²) in [6, 6.07) is 4.48. The molecule has 0 aromatic heterocycles. The summed E-state index contributed by atoms with van der Waals surface area (Å²) >= 11 is 0. The maximum Gasteiger partial charge on any atom is 0.169 e. The molecule has 76 valence electrons. The van der Waals surface area contributed by atoms with Gasteiger partial charge in [0.2, 0.25) is 0 Å². The molecule has 0 N–H and O–H groups in total. The first-order valence-corrected chi connectivity index (χ1v) is 4.16. The quantitative estimate of drug-likeness (QED) is 0.661. The van der Waals surface area contributed by atoms with Crippen molar-refractivity contribution in [2.24, 2.45) is 0 Å². The molecule has 2 rings (SSSR count). The van der Waals surface area contributed by atoms with E-state index in [0.717, 1.165) is 12.1 Å². The second-order valence-corrected chi connectivity index (χ2v) is 3.08. The van der Waals surface area contributed by atoms with Crippen molar-refractivity contribution in [3.05, 3.63) is 47.3 Å². The van der Waals surface area contributed by atoms with E-state index in [1.807, 2.05) is 0 Å². The second-order valence-electron chi connectivity index (χ2n) is 3.08. The van der Waals surface area contributed by atoms with Gasteiger partial charge in [-0.05, 0) is 23.6 Å². The number of carbonyl (C=O) groups is 1. The summed E-state index contributed by atoms with van der Waals surface area (Å²) in [5.74, 6) is -3.10. The maximum atomic E-state index is 13.3. The molecule has 0 radical (unpaired) electrons. The molecule has 0 aliphatic heterocycles. The van der Waals surface area contributed by atoms with Crippen molar-refractivity contribution in [3.8, 4) is 0 Å². The lowest BCUT2D eigenvalue weighted by molar-refractivity contribution is 0.111. The molecule has 0 aliphatic rings. The van der Waals surface area contributed by atoms with E-state index in [2.05, 4.69) is 0 Å². The molecule has 1 nitrogen and oxygen atoms in total. The summed E-state index contributed by atoms with van der Waals surface area (Å²) in [6.45, 7) is 0. The Morgan fingerprint density at radius 2 is 1.73 bits per heavy atom. The van der Waals surface area contributed by atoms with Crippen LogP contribution in [0, 0.1) is 17.5 Å². The van der Waals surface area contributed by atoms with Gasteiger partial charge in [-0.1, -0.05) is 6.07 Å². The average molecular weight is 210 g/mol. The van der Waals surface area contributed by atoms with E-state index >= 15 is 0 Å². The lowest BCUT2D eigenvalue weighted by Gasteiger charge is -2.03. The Morgan fingerprint density at radius 1 is 1.00 bits per heavy atom. The lowest BCUT2D eigenvalue weighted by Crippen LogP contribution is -1.94. The van der Waals surface area contributed by atoms with Gasteiger partial charge in [0.15, 0.2) is 17.9 Å². The molecule has 0 bridgehead atoms. The Labute approximate surface area is 83.1 Å². The van der Waals surface area contributed by atoms with E-state index < -0.39 is 17.5 Å². The number of carbonyl (C=O) groups excluding carboxylic acids is 1. The van der Waals surface area contributed by atoms with Gasteiger partial charge in [-0.3, -0.25) is 4.79 Å². The Hall–Kier alpha value is -1.84. The van der Waals surface area contributed by atoms with Crippen molar-refractivity contribution in [2.75, 3.05) is 0 Å². The van der Waals surface area contributed by atoms with Gasteiger partial charge in [0.1, 0.15) is 5.82 Å². The Balaban J connectivity index is 2.90. The first-order chi connectivity index (χ1) is 7.13. The number of hydrogen-bond acceptors (Lipinski definition) is 1. The molecule has 0 amide bonds. The number of benzene rings is 2. The van der Waals surface area contributed by atoms with Crippen LogP contribution in [0.15, 0.2) is 24.3 Å². The number of fused-ring (bicyclic) bond motifs is 1. The summed E-state index contributed by atoms with van der Waals surface area (Å²) in [5.41, 5.74) is -0.369. The van der Waals surface area contributed by atoms with Gasteiger partial charge in [-0.2, -0.15) is 0 Å². The van der Waals surface area contributed by atoms with Crippen molar-refractivity contribution in [3.63, 3.8) is 0 Å². The van der Waals surface area contributed by atoms with Crippen LogP contribution in [0.3, 0.4) is 0 Å². The van der Waals surface area contributed by atoms with Crippen LogP contribution in [0.2, 0.25) is 0 Å². The van der Waals surface area contributed by atoms with Crippen LogP contribution in [-0.4, -0.2) is 6.29 Å². The van der Waals surface area contributed by atoms with Gasteiger partial charge in [-0.25, -0.2) is 13.2 Å². The highest BCUT2D eigenvalue weighted by atomic mass is 19.2. The minimum Gasteiger partial charge on any atom is -0.298 e. The highest BCUT2D eigenvalue weighted by Crippen LogP contribution is 2.23. The second kappa shape index (κ2) is 3.38. The van der Waals surface area contributed by atoms with Crippen LogP contribution in [0.4, 0.5) is 13.2 Å². The Bertz CT molecular complexity index is 549. The minimum absolute atomic E-state index is 0.168. The van der Waals surface area contributed by atoms with Crippen molar-refractivity contribution >= 4 is 17.1 Å². The van der Waals surface area contributed by atoms with Crippen LogP contribution in [-0.2, 0) is 0 Å². The Morgan fingerprint density at radius 3 is 2.40 bits per heavy atom. The molecule has 4 heteroatoms. The predicted octanol–water partition coefficient (Wildman–Crippen LogP) is 3.07. The molecule has 0 heterocycles. The van der Waals surface area contributed by atoms with E-state index in [1.54, 1.807) is 0 Å². The van der Waals surface area contributed by atoms with Crippen LogP contribution in [0.1, 0.15) is 10.4 Å². The van der Waals surface area contributed by atoms with Crippen molar-refractivity contribution in [1.29, 1.82) is 0 Å². The highest BCUT2D eigenvalue weighted by Gasteiger charge is 2.13. The summed E-state index contributed by atoms with van der Waals surface area (Å²) in [5, 5.41) is 0.121. The fourth-order valence-electron chi connectivity index (χ4n) is 1.41. The van der Waals surface area contributed by atoms with E-state index in [-0.39, 0.29) is 22.6 Å². The third-order valence-corrected chi connectivity index (χ3v) is 2.14. The van der Waals surface area contributed by atoms with Crippen molar-refractivity contribution < 1.29 is 18.0 Å². The molecule has 0 unspecified atom stereocenters. The van der Waals surface area contributed by atoms with Crippen molar-refractivity contribution in [2.45, 2.75) is 0 Å². The molecule has 0 saturated carbocycles. The topological polar surface area (TPSA) is 17.1 Å². The standard InChI is InChI=1S/C11H5F3O/c12-8-2-1-6-3-7(5-15)10(13)11(14)9(6)4-8/h1-5H. The van der Waals surface area contributed by atoms with Crippen LogP contribution >= 0.6 is 0 Å². The summed E-state index contributed by atoms with van der Waals surface area (Å²) < 4.78 is 39.2. The van der Waals surface area contributed by atoms with Gasteiger partial charge in [0.25, 0.3) is 0 Å². The summed E-state index contributed by atoms with van der Waals surface area (Å²) in [6.07, 6.45) is 0.223. The molecule has 2 aromatic rings. The third kappa shape index (κ3) is 1.48. The molecule has 0 atom stereocenters. The SMILES string of the molecule is O=Cc1cc2ccc(F)cc2c(F)c1F. The molecule has 0 aliphatic carbocycles. The number of halogens is 3. The predicted molar refractivity (Wildman–Crippen MR) is 49.2 cm³/mol. The number of rotatable bonds is 1. The molecular formula is C11H5F3O. The van der Waals surface area contributed by atoms with E-state index in [0.29, 0.717) is 0 Å². The number of aldehydes is 1. The summed E-state index contributed by atoms with van der Waals surface area (Å²) in [4.78, 5) is 10.4. The Kier molecular flexibility index (Phi) is 2.19. The summed E-state index contributed by atoms with van der Waals surface area (Å²) in [7, 11) is 0. The van der Waals surface area contributed by atoms with Gasteiger partial charge < -0.3 is 0 Å². The molecule has 2 aromatic carbocycles. The smallest absolute Gasteiger partial charge is 0.169 e. The lowest BCUT2D eigenvalue weighted by atomic mass is 10.1. The first kappa shape index (κ1) is 9.71. The largest absolute Gasteiger partial charge is 0.298 e. The van der Waals surface area contributed by atoms with Gasteiger partial charge in [0, 0.05) is 5.39 Å².